The smallest absolute Gasteiger partial charge is 0.123 e. The largest absolute Gasteiger partial charge is 0.496 e. The number of ether oxygens (including phenoxy) is 1. The molecule has 18 heavy (non-hydrogen) atoms. The van der Waals surface area contributed by atoms with E-state index in [2.05, 4.69) is 48.8 Å². The highest BCUT2D eigenvalue weighted by Gasteiger charge is 2.47. The van der Waals surface area contributed by atoms with Gasteiger partial charge >= 0.3 is 0 Å². The van der Waals surface area contributed by atoms with E-state index in [-0.39, 0.29) is 11.5 Å². The summed E-state index contributed by atoms with van der Waals surface area (Å²) in [4.78, 5) is 0. The average molecular weight is 312 g/mol. The van der Waals surface area contributed by atoms with Crippen LogP contribution in [0.25, 0.3) is 0 Å². The van der Waals surface area contributed by atoms with Crippen molar-refractivity contribution in [3.05, 3.63) is 27.7 Å². The Morgan fingerprint density at radius 3 is 2.28 bits per heavy atom. The molecule has 1 aromatic rings. The third kappa shape index (κ3) is 2.19. The molecule has 0 heterocycles. The molecule has 2 N–H and O–H groups in total. The summed E-state index contributed by atoms with van der Waals surface area (Å²) < 4.78 is 6.70. The lowest BCUT2D eigenvalue weighted by atomic mass is 9.87. The second-order valence-corrected chi connectivity index (χ2v) is 6.53. The number of halogens is 1. The number of rotatable bonds is 4. The molecule has 0 spiro atoms. The normalized spacial score (nSPS) is 18.8. The summed E-state index contributed by atoms with van der Waals surface area (Å²) in [6, 6.07) is 4.60. The maximum absolute atomic E-state index is 6.15. The first-order valence-corrected chi connectivity index (χ1v) is 7.35. The third-order valence-corrected chi connectivity index (χ3v) is 4.78. The van der Waals surface area contributed by atoms with Gasteiger partial charge in [0, 0.05) is 21.5 Å². The Bertz CT molecular complexity index is 450. The first-order valence-electron chi connectivity index (χ1n) is 6.56. The van der Waals surface area contributed by atoms with Crippen LogP contribution in [0.4, 0.5) is 0 Å². The molecule has 2 nitrogen and oxygen atoms in total. The van der Waals surface area contributed by atoms with Gasteiger partial charge in [0.05, 0.1) is 7.11 Å². The SMILES string of the molecule is COc1cc(C2(C(C)N)CC2)cc(Br)c1C(C)C. The fourth-order valence-electron chi connectivity index (χ4n) is 2.75. The molecule has 1 aliphatic carbocycles. The predicted octanol–water partition coefficient (Wildman–Crippen LogP) is 3.96. The van der Waals surface area contributed by atoms with Gasteiger partial charge in [-0.05, 0) is 43.4 Å². The Kier molecular flexibility index (Phi) is 3.75. The Morgan fingerprint density at radius 2 is 1.89 bits per heavy atom. The van der Waals surface area contributed by atoms with Gasteiger partial charge in [0.25, 0.3) is 0 Å². The van der Waals surface area contributed by atoms with Crippen LogP contribution in [0.15, 0.2) is 16.6 Å². The van der Waals surface area contributed by atoms with E-state index in [0.29, 0.717) is 5.92 Å². The Balaban J connectivity index is 2.50. The van der Waals surface area contributed by atoms with E-state index in [9.17, 15) is 0 Å². The highest BCUT2D eigenvalue weighted by atomic mass is 79.9. The summed E-state index contributed by atoms with van der Waals surface area (Å²) in [6.07, 6.45) is 2.36. The van der Waals surface area contributed by atoms with E-state index in [1.165, 1.54) is 24.0 Å². The zero-order valence-corrected chi connectivity index (χ0v) is 13.2. The van der Waals surface area contributed by atoms with Crippen LogP contribution < -0.4 is 10.5 Å². The van der Waals surface area contributed by atoms with Crippen LogP contribution >= 0.6 is 15.9 Å². The van der Waals surface area contributed by atoms with Crippen molar-refractivity contribution in [2.45, 2.75) is 51.0 Å². The second kappa shape index (κ2) is 4.86. The molecule has 1 saturated carbocycles. The zero-order chi connectivity index (χ0) is 13.5. The van der Waals surface area contributed by atoms with Crippen molar-refractivity contribution < 1.29 is 4.74 Å². The lowest BCUT2D eigenvalue weighted by Gasteiger charge is -2.23. The lowest BCUT2D eigenvalue weighted by Crippen LogP contribution is -2.31. The van der Waals surface area contributed by atoms with Crippen LogP contribution in [0.1, 0.15) is 50.7 Å². The van der Waals surface area contributed by atoms with Crippen molar-refractivity contribution in [1.29, 1.82) is 0 Å². The van der Waals surface area contributed by atoms with Crippen molar-refractivity contribution in [2.24, 2.45) is 5.73 Å². The van der Waals surface area contributed by atoms with Crippen LogP contribution in [0.3, 0.4) is 0 Å². The highest BCUT2D eigenvalue weighted by Crippen LogP contribution is 2.52. The van der Waals surface area contributed by atoms with Gasteiger partial charge in [0.15, 0.2) is 0 Å². The fraction of sp³-hybridized carbons (Fsp3) is 0.600. The molecular formula is C15H22BrNO. The summed E-state index contributed by atoms with van der Waals surface area (Å²) in [6.45, 7) is 6.46. The third-order valence-electron chi connectivity index (χ3n) is 4.12. The number of hydrogen-bond donors (Lipinski definition) is 1. The standard InChI is InChI=1S/C15H22BrNO/c1-9(2)14-12(16)7-11(8-13(14)18-4)15(5-6-15)10(3)17/h7-10H,5-6,17H2,1-4H3. The minimum Gasteiger partial charge on any atom is -0.496 e. The summed E-state index contributed by atoms with van der Waals surface area (Å²) in [5, 5.41) is 0. The van der Waals surface area contributed by atoms with Gasteiger partial charge in [-0.15, -0.1) is 0 Å². The van der Waals surface area contributed by atoms with Crippen molar-refractivity contribution in [3.63, 3.8) is 0 Å². The van der Waals surface area contributed by atoms with E-state index < -0.39 is 0 Å². The maximum atomic E-state index is 6.15. The molecule has 0 saturated heterocycles. The van der Waals surface area contributed by atoms with E-state index in [4.69, 9.17) is 10.5 Å². The minimum absolute atomic E-state index is 0.172. The molecule has 2 rings (SSSR count). The van der Waals surface area contributed by atoms with E-state index in [0.717, 1.165) is 10.2 Å². The molecule has 100 valence electrons. The molecule has 1 atom stereocenters. The molecule has 0 aromatic heterocycles. The summed E-state index contributed by atoms with van der Waals surface area (Å²) in [7, 11) is 1.74. The van der Waals surface area contributed by atoms with E-state index >= 15 is 0 Å². The van der Waals surface area contributed by atoms with Gasteiger partial charge in [-0.2, -0.15) is 0 Å². The molecule has 1 aromatic carbocycles. The lowest BCUT2D eigenvalue weighted by molar-refractivity contribution is 0.405. The van der Waals surface area contributed by atoms with Gasteiger partial charge in [-0.25, -0.2) is 0 Å². The number of methoxy groups -OCH3 is 1. The fourth-order valence-corrected chi connectivity index (χ4v) is 3.65. The first-order chi connectivity index (χ1) is 8.42. The molecule has 1 fully saturated rings. The Morgan fingerprint density at radius 1 is 1.28 bits per heavy atom. The predicted molar refractivity (Wildman–Crippen MR) is 79.3 cm³/mol. The summed E-state index contributed by atoms with van der Waals surface area (Å²) in [5.74, 6) is 1.41. The van der Waals surface area contributed by atoms with Gasteiger partial charge in [-0.1, -0.05) is 29.8 Å². The zero-order valence-electron chi connectivity index (χ0n) is 11.6. The van der Waals surface area contributed by atoms with Crippen molar-refractivity contribution >= 4 is 15.9 Å². The number of hydrogen-bond acceptors (Lipinski definition) is 2. The monoisotopic (exact) mass is 311 g/mol. The first kappa shape index (κ1) is 13.9. The molecule has 0 aliphatic heterocycles. The van der Waals surface area contributed by atoms with Gasteiger partial charge in [0.2, 0.25) is 0 Å². The highest BCUT2D eigenvalue weighted by molar-refractivity contribution is 9.10. The quantitative estimate of drug-likeness (QED) is 0.913. The van der Waals surface area contributed by atoms with E-state index in [1.54, 1.807) is 7.11 Å². The van der Waals surface area contributed by atoms with Crippen molar-refractivity contribution in [3.8, 4) is 5.75 Å². The molecule has 0 bridgehead atoms. The molecular weight excluding hydrogens is 290 g/mol. The van der Waals surface area contributed by atoms with E-state index in [1.807, 2.05) is 0 Å². The summed E-state index contributed by atoms with van der Waals surface area (Å²) in [5.41, 5.74) is 8.87. The maximum Gasteiger partial charge on any atom is 0.123 e. The molecule has 0 radical (unpaired) electrons. The Labute approximate surface area is 118 Å². The summed E-state index contributed by atoms with van der Waals surface area (Å²) >= 11 is 3.69. The number of nitrogens with two attached hydrogens (primary N) is 1. The second-order valence-electron chi connectivity index (χ2n) is 5.67. The van der Waals surface area contributed by atoms with Gasteiger partial charge < -0.3 is 10.5 Å². The van der Waals surface area contributed by atoms with Crippen LogP contribution in [0.5, 0.6) is 5.75 Å². The molecule has 0 amide bonds. The molecule has 1 aliphatic rings. The van der Waals surface area contributed by atoms with Gasteiger partial charge in [0.1, 0.15) is 5.75 Å². The van der Waals surface area contributed by atoms with Crippen molar-refractivity contribution in [2.75, 3.05) is 7.11 Å². The van der Waals surface area contributed by atoms with Crippen LogP contribution in [-0.4, -0.2) is 13.2 Å². The average Bonchev–Trinajstić information content (AvgIpc) is 3.08. The van der Waals surface area contributed by atoms with Crippen molar-refractivity contribution in [1.82, 2.24) is 0 Å². The van der Waals surface area contributed by atoms with Crippen LogP contribution in [0, 0.1) is 0 Å². The topological polar surface area (TPSA) is 35.2 Å². The van der Waals surface area contributed by atoms with Gasteiger partial charge in [-0.3, -0.25) is 0 Å². The Hall–Kier alpha value is -0.540. The minimum atomic E-state index is 0.172. The van der Waals surface area contributed by atoms with Crippen LogP contribution in [0.2, 0.25) is 0 Å². The van der Waals surface area contributed by atoms with Crippen LogP contribution in [-0.2, 0) is 5.41 Å². The number of benzene rings is 1. The molecule has 3 heteroatoms. The molecule has 1 unspecified atom stereocenters.